The van der Waals surface area contributed by atoms with Crippen LogP contribution in [0.1, 0.15) is 22.3 Å². The number of aromatic nitrogens is 3. The molecule has 0 aliphatic heterocycles. The first kappa shape index (κ1) is 23.4. The molecule has 2 aromatic heterocycles. The Labute approximate surface area is 185 Å². The Morgan fingerprint density at radius 1 is 1.31 bits per heavy atom. The van der Waals surface area contributed by atoms with Crippen molar-refractivity contribution in [2.75, 3.05) is 39.2 Å². The molecule has 1 aromatic carbocycles. The largest absolute Gasteiger partial charge is 0.479 e. The predicted octanol–water partition coefficient (Wildman–Crippen LogP) is 4.02. The Morgan fingerprint density at radius 2 is 2.03 bits per heavy atom. The molecule has 0 fully saturated rings. The quantitative estimate of drug-likeness (QED) is 0.535. The van der Waals surface area contributed by atoms with Gasteiger partial charge >= 0.3 is 0 Å². The first-order valence-electron chi connectivity index (χ1n) is 8.91. The molecule has 0 bridgehead atoms. The van der Waals surface area contributed by atoms with Crippen molar-refractivity contribution in [1.82, 2.24) is 19.7 Å². The van der Waals surface area contributed by atoms with Crippen LogP contribution in [-0.2, 0) is 7.05 Å². The lowest BCUT2D eigenvalue weighted by Crippen LogP contribution is -2.33. The van der Waals surface area contributed by atoms with Crippen LogP contribution in [0, 0.1) is 6.92 Å². The van der Waals surface area contributed by atoms with Crippen LogP contribution < -0.4 is 9.64 Å². The number of fused-ring (bicyclic) bond motifs is 1. The molecule has 0 unspecified atom stereocenters. The minimum Gasteiger partial charge on any atom is -0.479 e. The van der Waals surface area contributed by atoms with E-state index in [-0.39, 0.29) is 18.3 Å². The normalized spacial score (nSPS) is 11.0. The van der Waals surface area contributed by atoms with Gasteiger partial charge in [-0.25, -0.2) is 4.98 Å². The van der Waals surface area contributed by atoms with Gasteiger partial charge in [0.25, 0.3) is 5.91 Å². The molecule has 1 amide bonds. The summed E-state index contributed by atoms with van der Waals surface area (Å²) in [6, 6.07) is 3.81. The number of carbonyl (C=O) groups excluding carboxylic acids is 1. The lowest BCUT2D eigenvalue weighted by molar-refractivity contribution is 0.0983. The molecule has 0 aliphatic carbocycles. The molecular weight excluding hydrogens is 433 g/mol. The summed E-state index contributed by atoms with van der Waals surface area (Å²) in [6.45, 7) is 3.35. The van der Waals surface area contributed by atoms with Crippen molar-refractivity contribution in [1.29, 1.82) is 0 Å². The summed E-state index contributed by atoms with van der Waals surface area (Å²) in [5.41, 5.74) is 2.17. The van der Waals surface area contributed by atoms with Crippen LogP contribution in [0.3, 0.4) is 0 Å². The highest BCUT2D eigenvalue weighted by Crippen LogP contribution is 2.34. The Hall–Kier alpha value is -1.87. The maximum atomic E-state index is 13.4. The highest BCUT2D eigenvalue weighted by atomic mass is 35.5. The molecule has 0 radical (unpaired) electrons. The third-order valence-corrected chi connectivity index (χ3v) is 5.87. The number of carbonyl (C=O) groups is 1. The summed E-state index contributed by atoms with van der Waals surface area (Å²) in [4.78, 5) is 21.9. The number of ether oxygens (including phenoxy) is 1. The molecule has 29 heavy (non-hydrogen) atoms. The zero-order chi connectivity index (χ0) is 20.4. The van der Waals surface area contributed by atoms with Gasteiger partial charge in [0.05, 0.1) is 17.3 Å². The van der Waals surface area contributed by atoms with Gasteiger partial charge in [0, 0.05) is 24.8 Å². The van der Waals surface area contributed by atoms with E-state index in [9.17, 15) is 4.79 Å². The van der Waals surface area contributed by atoms with Gasteiger partial charge in [-0.3, -0.25) is 14.4 Å². The van der Waals surface area contributed by atoms with Gasteiger partial charge in [0.15, 0.2) is 5.13 Å². The molecule has 3 rings (SSSR count). The summed E-state index contributed by atoms with van der Waals surface area (Å²) in [5, 5.41) is 5.53. The first-order chi connectivity index (χ1) is 13.3. The maximum Gasteiger partial charge on any atom is 0.267 e. The van der Waals surface area contributed by atoms with Crippen LogP contribution in [0.25, 0.3) is 10.2 Å². The van der Waals surface area contributed by atoms with Crippen molar-refractivity contribution < 1.29 is 9.53 Å². The van der Waals surface area contributed by atoms with Gasteiger partial charge in [-0.1, -0.05) is 22.9 Å². The summed E-state index contributed by atoms with van der Waals surface area (Å²) in [6.07, 6.45) is 2.49. The number of nitrogens with zero attached hydrogens (tertiary/aromatic N) is 5. The molecule has 3 aromatic rings. The van der Waals surface area contributed by atoms with Crippen molar-refractivity contribution in [2.45, 2.75) is 13.3 Å². The van der Waals surface area contributed by atoms with Crippen molar-refractivity contribution >= 4 is 56.6 Å². The van der Waals surface area contributed by atoms with Gasteiger partial charge in [0.2, 0.25) is 5.88 Å². The average Bonchev–Trinajstić information content (AvgIpc) is 3.25. The third kappa shape index (κ3) is 5.01. The fraction of sp³-hybridized carbons (Fsp3) is 0.421. The minimum atomic E-state index is -0.175. The topological polar surface area (TPSA) is 63.5 Å². The molecule has 10 heteroatoms. The fourth-order valence-electron chi connectivity index (χ4n) is 2.94. The molecule has 2 heterocycles. The van der Waals surface area contributed by atoms with Crippen LogP contribution in [-0.4, -0.2) is 59.9 Å². The second-order valence-corrected chi connectivity index (χ2v) is 8.27. The number of thiazole rings is 1. The second-order valence-electron chi connectivity index (χ2n) is 6.85. The molecule has 0 N–H and O–H groups in total. The maximum absolute atomic E-state index is 13.4. The Morgan fingerprint density at radius 3 is 2.69 bits per heavy atom. The number of benzene rings is 1. The monoisotopic (exact) mass is 457 g/mol. The molecule has 0 atom stereocenters. The van der Waals surface area contributed by atoms with E-state index in [0.29, 0.717) is 28.1 Å². The average molecular weight is 458 g/mol. The van der Waals surface area contributed by atoms with Crippen LogP contribution >= 0.6 is 35.3 Å². The van der Waals surface area contributed by atoms with Gasteiger partial charge in [0.1, 0.15) is 5.56 Å². The molecule has 7 nitrogen and oxygen atoms in total. The number of methoxy groups -OCH3 is 1. The molecule has 158 valence electrons. The molecule has 0 aliphatic rings. The number of hydrogen-bond acceptors (Lipinski definition) is 6. The van der Waals surface area contributed by atoms with Crippen LogP contribution in [0.15, 0.2) is 18.3 Å². The zero-order valence-corrected chi connectivity index (χ0v) is 19.5. The number of hydrogen-bond donors (Lipinski definition) is 0. The van der Waals surface area contributed by atoms with Crippen molar-refractivity contribution in [2.24, 2.45) is 7.05 Å². The van der Waals surface area contributed by atoms with Crippen molar-refractivity contribution in [3.8, 4) is 5.88 Å². The summed E-state index contributed by atoms with van der Waals surface area (Å²) < 4.78 is 7.86. The van der Waals surface area contributed by atoms with Gasteiger partial charge in [-0.2, -0.15) is 0 Å². The van der Waals surface area contributed by atoms with E-state index in [1.54, 1.807) is 22.8 Å². The summed E-state index contributed by atoms with van der Waals surface area (Å²) >= 11 is 7.73. The van der Waals surface area contributed by atoms with Crippen molar-refractivity contribution in [3.05, 3.63) is 34.5 Å². The van der Waals surface area contributed by atoms with Gasteiger partial charge in [-0.05, 0) is 51.7 Å². The van der Waals surface area contributed by atoms with E-state index in [4.69, 9.17) is 21.3 Å². The predicted molar refractivity (Wildman–Crippen MR) is 121 cm³/mol. The standard InChI is InChI=1S/C19H24ClN5O2S.ClH/c1-12-14(20)7-8-15-16(12)21-19(28-15)25(10-6-9-23(2)3)18(26)13-11-24(4)22-17(13)27-5;/h7-8,11H,6,9-10H2,1-5H3;1H. The minimum absolute atomic E-state index is 0. The third-order valence-electron chi connectivity index (χ3n) is 4.42. The number of rotatable bonds is 7. The number of anilines is 1. The van der Waals surface area contributed by atoms with Crippen LogP contribution in [0.5, 0.6) is 5.88 Å². The van der Waals surface area contributed by atoms with E-state index in [1.165, 1.54) is 18.4 Å². The first-order valence-corrected chi connectivity index (χ1v) is 10.1. The summed E-state index contributed by atoms with van der Waals surface area (Å²) in [5.74, 6) is 0.136. The molecule has 0 spiro atoms. The Balaban J connectivity index is 0.00000300. The lowest BCUT2D eigenvalue weighted by Gasteiger charge is -2.20. The van der Waals surface area contributed by atoms with Crippen molar-refractivity contribution in [3.63, 3.8) is 0 Å². The number of halogens is 2. The Kier molecular flexibility index (Phi) is 7.87. The van der Waals surface area contributed by atoms with E-state index in [2.05, 4.69) is 10.00 Å². The van der Waals surface area contributed by atoms with Crippen LogP contribution in [0.4, 0.5) is 5.13 Å². The fourth-order valence-corrected chi connectivity index (χ4v) is 4.15. The van der Waals surface area contributed by atoms with E-state index in [1.807, 2.05) is 33.2 Å². The Bertz CT molecular complexity index is 1000. The second kappa shape index (κ2) is 9.75. The highest BCUT2D eigenvalue weighted by Gasteiger charge is 2.26. The molecule has 0 saturated heterocycles. The van der Waals surface area contributed by atoms with Crippen LogP contribution in [0.2, 0.25) is 5.02 Å². The molecular formula is C19H25Cl2N5O2S. The number of amides is 1. The molecule has 0 saturated carbocycles. The lowest BCUT2D eigenvalue weighted by atomic mass is 10.2. The zero-order valence-electron chi connectivity index (χ0n) is 17.1. The number of aryl methyl sites for hydroxylation is 2. The van der Waals surface area contributed by atoms with Gasteiger partial charge < -0.3 is 9.64 Å². The van der Waals surface area contributed by atoms with E-state index >= 15 is 0 Å². The van der Waals surface area contributed by atoms with E-state index < -0.39 is 0 Å². The van der Waals surface area contributed by atoms with E-state index in [0.717, 1.165) is 28.7 Å². The summed E-state index contributed by atoms with van der Waals surface area (Å²) in [7, 11) is 7.30. The van der Waals surface area contributed by atoms with Gasteiger partial charge in [-0.15, -0.1) is 17.5 Å². The SMILES string of the molecule is COc1nn(C)cc1C(=O)N(CCCN(C)C)c1nc2c(C)c(Cl)ccc2s1.Cl. The highest BCUT2D eigenvalue weighted by molar-refractivity contribution is 7.22. The smallest absolute Gasteiger partial charge is 0.267 e.